The molecule has 2 aromatic carbocycles. The molecule has 7 nitrogen and oxygen atoms in total. The van der Waals surface area contributed by atoms with Gasteiger partial charge in [0.1, 0.15) is 5.82 Å². The molecule has 28 heavy (non-hydrogen) atoms. The number of hydrogen-bond acceptors (Lipinski definition) is 6. The number of amides is 1. The quantitative estimate of drug-likeness (QED) is 0.655. The minimum absolute atomic E-state index is 0.0176. The number of likely N-dealkylation sites (N-methyl/N-ethyl adjacent to an activating group) is 2. The van der Waals surface area contributed by atoms with Gasteiger partial charge >= 0.3 is 0 Å². The van der Waals surface area contributed by atoms with Crippen LogP contribution in [0.1, 0.15) is 0 Å². The first-order chi connectivity index (χ1) is 13.4. The molecule has 0 saturated heterocycles. The summed E-state index contributed by atoms with van der Waals surface area (Å²) in [6.45, 7) is 0.196. The Kier molecular flexibility index (Phi) is 5.63. The van der Waals surface area contributed by atoms with Gasteiger partial charge in [0.15, 0.2) is 17.3 Å². The maximum atomic E-state index is 12.2. The minimum Gasteiger partial charge on any atom is -0.493 e. The molecule has 1 heterocycles. The van der Waals surface area contributed by atoms with Crippen LogP contribution in [-0.2, 0) is 4.79 Å². The summed E-state index contributed by atoms with van der Waals surface area (Å²) < 4.78 is 10.9. The van der Waals surface area contributed by atoms with Gasteiger partial charge in [-0.3, -0.25) is 4.79 Å². The highest BCUT2D eigenvalue weighted by atomic mass is 16.5. The van der Waals surface area contributed by atoms with Crippen molar-refractivity contribution in [1.29, 1.82) is 0 Å². The van der Waals surface area contributed by atoms with E-state index in [2.05, 4.69) is 0 Å². The summed E-state index contributed by atoms with van der Waals surface area (Å²) in [5.74, 6) is 2.39. The highest BCUT2D eigenvalue weighted by molar-refractivity contribution is 5.95. The Hall–Kier alpha value is -3.35. The lowest BCUT2D eigenvalue weighted by Crippen LogP contribution is -2.34. The first-order valence-corrected chi connectivity index (χ1v) is 8.85. The van der Waals surface area contributed by atoms with Gasteiger partial charge < -0.3 is 19.3 Å². The van der Waals surface area contributed by atoms with Crippen LogP contribution in [0.3, 0.4) is 0 Å². The number of carbonyl (C=O) groups is 1. The van der Waals surface area contributed by atoms with Crippen molar-refractivity contribution in [2.75, 3.05) is 46.8 Å². The van der Waals surface area contributed by atoms with Crippen LogP contribution < -0.4 is 14.4 Å². The molecular weight excluding hydrogens is 356 g/mol. The normalized spacial score (nSPS) is 10.6. The first-order valence-electron chi connectivity index (χ1n) is 8.85. The lowest BCUT2D eigenvalue weighted by molar-refractivity contribution is -0.127. The number of rotatable bonds is 6. The molecule has 7 heteroatoms. The van der Waals surface area contributed by atoms with Gasteiger partial charge in [-0.2, -0.15) is 0 Å². The molecule has 0 aliphatic rings. The largest absolute Gasteiger partial charge is 0.493 e. The monoisotopic (exact) mass is 380 g/mol. The zero-order chi connectivity index (χ0) is 20.3. The predicted molar refractivity (Wildman–Crippen MR) is 110 cm³/mol. The third-order valence-electron chi connectivity index (χ3n) is 4.45. The van der Waals surface area contributed by atoms with E-state index in [1.165, 1.54) is 0 Å². The Morgan fingerprint density at radius 3 is 2.21 bits per heavy atom. The fourth-order valence-electron chi connectivity index (χ4n) is 2.87. The number of methoxy groups -OCH3 is 2. The topological polar surface area (TPSA) is 67.8 Å². The van der Waals surface area contributed by atoms with Crippen molar-refractivity contribution < 1.29 is 14.3 Å². The summed E-state index contributed by atoms with van der Waals surface area (Å²) in [6.07, 6.45) is 0. The van der Waals surface area contributed by atoms with Crippen LogP contribution in [0, 0.1) is 0 Å². The van der Waals surface area contributed by atoms with E-state index in [-0.39, 0.29) is 12.5 Å². The molecule has 146 valence electrons. The second-order valence-corrected chi connectivity index (χ2v) is 6.61. The van der Waals surface area contributed by atoms with Crippen molar-refractivity contribution in [3.05, 3.63) is 42.5 Å². The first kappa shape index (κ1) is 19.4. The summed E-state index contributed by atoms with van der Waals surface area (Å²) in [7, 11) is 8.48. The zero-order valence-electron chi connectivity index (χ0n) is 16.8. The van der Waals surface area contributed by atoms with Crippen molar-refractivity contribution in [3.8, 4) is 22.9 Å². The lowest BCUT2D eigenvalue weighted by atomic mass is 10.1. The van der Waals surface area contributed by atoms with Gasteiger partial charge in [0, 0.05) is 38.2 Å². The predicted octanol–water partition coefficient (Wildman–Crippen LogP) is 2.84. The van der Waals surface area contributed by atoms with Gasteiger partial charge in [0.2, 0.25) is 5.91 Å². The Morgan fingerprint density at radius 1 is 0.964 bits per heavy atom. The maximum absolute atomic E-state index is 12.2. The van der Waals surface area contributed by atoms with E-state index in [0.717, 1.165) is 10.9 Å². The highest BCUT2D eigenvalue weighted by Crippen LogP contribution is 2.36. The molecule has 0 fully saturated rings. The van der Waals surface area contributed by atoms with Crippen LogP contribution >= 0.6 is 0 Å². The van der Waals surface area contributed by atoms with Crippen molar-refractivity contribution in [1.82, 2.24) is 14.9 Å². The van der Waals surface area contributed by atoms with Crippen LogP contribution in [0.2, 0.25) is 0 Å². The number of aromatic nitrogens is 2. The molecule has 3 aromatic rings. The smallest absolute Gasteiger partial charge is 0.241 e. The number of hydrogen-bond donors (Lipinski definition) is 0. The Bertz CT molecular complexity index is 990. The van der Waals surface area contributed by atoms with Gasteiger partial charge in [-0.25, -0.2) is 9.97 Å². The van der Waals surface area contributed by atoms with Crippen LogP contribution in [-0.4, -0.2) is 62.7 Å². The van der Waals surface area contributed by atoms with Crippen LogP contribution in [0.15, 0.2) is 42.5 Å². The summed E-state index contributed by atoms with van der Waals surface area (Å²) in [6, 6.07) is 13.4. The number of nitrogens with zero attached hydrogens (tertiary/aromatic N) is 4. The van der Waals surface area contributed by atoms with Gasteiger partial charge in [-0.1, -0.05) is 30.3 Å². The molecule has 1 aromatic heterocycles. The van der Waals surface area contributed by atoms with Gasteiger partial charge in [0.25, 0.3) is 0 Å². The van der Waals surface area contributed by atoms with E-state index < -0.39 is 0 Å². The Labute approximate surface area is 164 Å². The Morgan fingerprint density at radius 2 is 1.61 bits per heavy atom. The van der Waals surface area contributed by atoms with Crippen LogP contribution in [0.25, 0.3) is 22.3 Å². The molecule has 0 atom stereocenters. The number of anilines is 1. The second-order valence-electron chi connectivity index (χ2n) is 6.61. The molecule has 0 N–H and O–H groups in total. The molecule has 0 spiro atoms. The van der Waals surface area contributed by atoms with Gasteiger partial charge in [-0.05, 0) is 6.07 Å². The molecule has 3 rings (SSSR count). The van der Waals surface area contributed by atoms with Crippen molar-refractivity contribution in [2.45, 2.75) is 0 Å². The second kappa shape index (κ2) is 8.12. The average Bonchev–Trinajstić information content (AvgIpc) is 2.72. The molecule has 0 radical (unpaired) electrons. The van der Waals surface area contributed by atoms with Gasteiger partial charge in [0.05, 0.1) is 26.3 Å². The highest BCUT2D eigenvalue weighted by Gasteiger charge is 2.18. The summed E-state index contributed by atoms with van der Waals surface area (Å²) >= 11 is 0. The average molecular weight is 380 g/mol. The van der Waals surface area contributed by atoms with E-state index in [1.54, 1.807) is 33.2 Å². The Balaban J connectivity index is 2.21. The number of benzene rings is 2. The van der Waals surface area contributed by atoms with Crippen LogP contribution in [0.5, 0.6) is 11.5 Å². The SMILES string of the molecule is COc1cc2nc(-c3ccccc3)nc(N(C)CC(=O)N(C)C)c2cc1OC. The maximum Gasteiger partial charge on any atom is 0.241 e. The van der Waals surface area contributed by atoms with Crippen LogP contribution in [0.4, 0.5) is 5.82 Å². The molecular formula is C21H24N4O3. The minimum atomic E-state index is -0.0176. The van der Waals surface area contributed by atoms with E-state index in [0.29, 0.717) is 28.7 Å². The van der Waals surface area contributed by atoms with Crippen molar-refractivity contribution in [2.24, 2.45) is 0 Å². The fraction of sp³-hybridized carbons (Fsp3) is 0.286. The van der Waals surface area contributed by atoms with Crippen molar-refractivity contribution in [3.63, 3.8) is 0 Å². The molecule has 1 amide bonds. The lowest BCUT2D eigenvalue weighted by Gasteiger charge is -2.22. The number of fused-ring (bicyclic) bond motifs is 1. The molecule has 0 aliphatic heterocycles. The van der Waals surface area contributed by atoms with E-state index in [9.17, 15) is 4.79 Å². The standard InChI is InChI=1S/C21H24N4O3/c1-24(2)19(26)13-25(3)21-15-11-17(27-4)18(28-5)12-16(15)22-20(23-21)14-9-7-6-8-10-14/h6-12H,13H2,1-5H3. The third-order valence-corrected chi connectivity index (χ3v) is 4.45. The summed E-state index contributed by atoms with van der Waals surface area (Å²) in [5.41, 5.74) is 1.61. The van der Waals surface area contributed by atoms with Gasteiger partial charge in [-0.15, -0.1) is 0 Å². The summed E-state index contributed by atoms with van der Waals surface area (Å²) in [4.78, 5) is 25.1. The number of carbonyl (C=O) groups excluding carboxylic acids is 1. The molecule has 0 aliphatic carbocycles. The molecule has 0 bridgehead atoms. The fourth-order valence-corrected chi connectivity index (χ4v) is 2.87. The van der Waals surface area contributed by atoms with E-state index in [1.807, 2.05) is 54.4 Å². The molecule has 0 unspecified atom stereocenters. The molecule has 0 saturated carbocycles. The third kappa shape index (κ3) is 3.83. The number of ether oxygens (including phenoxy) is 2. The summed E-state index contributed by atoms with van der Waals surface area (Å²) in [5, 5.41) is 0.784. The van der Waals surface area contributed by atoms with E-state index >= 15 is 0 Å². The van der Waals surface area contributed by atoms with Crippen molar-refractivity contribution >= 4 is 22.6 Å². The zero-order valence-corrected chi connectivity index (χ0v) is 16.8. The van der Waals surface area contributed by atoms with E-state index in [4.69, 9.17) is 19.4 Å².